The molecule has 0 spiro atoms. The van der Waals surface area contributed by atoms with Crippen molar-refractivity contribution in [3.05, 3.63) is 58.7 Å². The molecule has 0 N–H and O–H groups in total. The molecule has 1 saturated heterocycles. The maximum atomic E-state index is 13.3. The maximum absolute atomic E-state index is 13.3. The lowest BCUT2D eigenvalue weighted by Gasteiger charge is -2.22. The Balaban J connectivity index is 1.61. The Kier molecular flexibility index (Phi) is 5.59. The van der Waals surface area contributed by atoms with Crippen LogP contribution in [-0.2, 0) is 11.3 Å². The van der Waals surface area contributed by atoms with Crippen molar-refractivity contribution in [1.82, 2.24) is 15.0 Å². The Morgan fingerprint density at radius 2 is 1.93 bits per heavy atom. The smallest absolute Gasteiger partial charge is 0.249 e. The lowest BCUT2D eigenvalue weighted by atomic mass is 10.1. The molecule has 156 valence electrons. The fraction of sp³-hybridized carbons (Fsp3) is 0.286. The summed E-state index contributed by atoms with van der Waals surface area (Å²) in [4.78, 5) is 18.6. The van der Waals surface area contributed by atoms with Crippen molar-refractivity contribution in [2.24, 2.45) is 0 Å². The molecule has 9 heteroatoms. The second kappa shape index (κ2) is 8.31. The molecule has 30 heavy (non-hydrogen) atoms. The van der Waals surface area contributed by atoms with E-state index in [1.165, 1.54) is 12.1 Å². The quantitative estimate of drug-likeness (QED) is 0.575. The number of benzene rings is 2. The molecule has 2 aromatic carbocycles. The molecule has 4 rings (SSSR count). The van der Waals surface area contributed by atoms with Crippen molar-refractivity contribution in [1.29, 1.82) is 0 Å². The van der Waals surface area contributed by atoms with Crippen molar-refractivity contribution in [2.45, 2.75) is 25.4 Å². The van der Waals surface area contributed by atoms with E-state index in [1.807, 2.05) is 0 Å². The van der Waals surface area contributed by atoms with Gasteiger partial charge in [0, 0.05) is 29.6 Å². The summed E-state index contributed by atoms with van der Waals surface area (Å²) in [6.45, 7) is 0.229. The minimum absolute atomic E-state index is 0.0526. The second-order valence-corrected chi connectivity index (χ2v) is 7.28. The van der Waals surface area contributed by atoms with Gasteiger partial charge in [0.25, 0.3) is 0 Å². The molecule has 7 nitrogen and oxygen atoms in total. The monoisotopic (exact) mass is 431 g/mol. The summed E-state index contributed by atoms with van der Waals surface area (Å²) in [7, 11) is 3.12. The molecule has 0 bridgehead atoms. The third kappa shape index (κ3) is 3.95. The normalized spacial score (nSPS) is 16.2. The number of likely N-dealkylation sites (tertiary alicyclic amines) is 1. The first-order valence-electron chi connectivity index (χ1n) is 9.29. The van der Waals surface area contributed by atoms with Crippen LogP contribution in [0.15, 0.2) is 40.9 Å². The minimum atomic E-state index is -0.427. The maximum Gasteiger partial charge on any atom is 0.249 e. The van der Waals surface area contributed by atoms with Crippen LogP contribution in [0.25, 0.3) is 11.4 Å². The third-order valence-corrected chi connectivity index (χ3v) is 5.37. The third-order valence-electron chi connectivity index (χ3n) is 5.02. The summed E-state index contributed by atoms with van der Waals surface area (Å²) in [6, 6.07) is 9.02. The van der Waals surface area contributed by atoms with Gasteiger partial charge in [-0.05, 0) is 36.2 Å². The summed E-state index contributed by atoms with van der Waals surface area (Å²) in [5.41, 5.74) is 1.31. The highest BCUT2D eigenvalue weighted by Gasteiger charge is 2.36. The van der Waals surface area contributed by atoms with Crippen LogP contribution in [0, 0.1) is 5.82 Å². The number of aromatic nitrogens is 2. The minimum Gasteiger partial charge on any atom is -0.497 e. The fourth-order valence-corrected chi connectivity index (χ4v) is 3.67. The van der Waals surface area contributed by atoms with Gasteiger partial charge in [0.05, 0.1) is 14.2 Å². The van der Waals surface area contributed by atoms with E-state index in [1.54, 1.807) is 43.4 Å². The van der Waals surface area contributed by atoms with Crippen LogP contribution in [0.3, 0.4) is 0 Å². The van der Waals surface area contributed by atoms with Crippen molar-refractivity contribution >= 4 is 17.5 Å². The zero-order valence-corrected chi connectivity index (χ0v) is 17.1. The van der Waals surface area contributed by atoms with Crippen molar-refractivity contribution < 1.29 is 23.2 Å². The molecule has 1 aromatic heterocycles. The van der Waals surface area contributed by atoms with Gasteiger partial charge in [-0.25, -0.2) is 4.39 Å². The molecule has 1 amide bonds. The highest BCUT2D eigenvalue weighted by atomic mass is 35.5. The van der Waals surface area contributed by atoms with Crippen LogP contribution in [-0.4, -0.2) is 35.2 Å². The predicted octanol–water partition coefficient (Wildman–Crippen LogP) is 4.41. The topological polar surface area (TPSA) is 77.7 Å². The van der Waals surface area contributed by atoms with Gasteiger partial charge in [-0.1, -0.05) is 22.8 Å². The first-order chi connectivity index (χ1) is 14.5. The van der Waals surface area contributed by atoms with Crippen LogP contribution in [0.4, 0.5) is 4.39 Å². The van der Waals surface area contributed by atoms with Crippen molar-refractivity contribution in [3.63, 3.8) is 0 Å². The lowest BCUT2D eigenvalue weighted by Crippen LogP contribution is -2.27. The van der Waals surface area contributed by atoms with E-state index in [-0.39, 0.29) is 23.5 Å². The first kappa shape index (κ1) is 20.2. The molecule has 1 aliphatic heterocycles. The molecule has 0 radical (unpaired) electrons. The average Bonchev–Trinajstić information content (AvgIpc) is 3.37. The van der Waals surface area contributed by atoms with Crippen molar-refractivity contribution in [3.8, 4) is 22.9 Å². The summed E-state index contributed by atoms with van der Waals surface area (Å²) in [5, 5.41) is 4.33. The summed E-state index contributed by atoms with van der Waals surface area (Å²) >= 11 is 6.14. The van der Waals surface area contributed by atoms with Crippen LogP contribution >= 0.6 is 11.6 Å². The number of carbonyl (C=O) groups is 1. The predicted molar refractivity (Wildman–Crippen MR) is 107 cm³/mol. The highest BCUT2D eigenvalue weighted by Crippen LogP contribution is 2.36. The van der Waals surface area contributed by atoms with Gasteiger partial charge < -0.3 is 18.9 Å². The first-order valence-corrected chi connectivity index (χ1v) is 9.66. The average molecular weight is 432 g/mol. The fourth-order valence-electron chi connectivity index (χ4n) is 3.45. The molecular weight excluding hydrogens is 413 g/mol. The molecule has 1 atom stereocenters. The van der Waals surface area contributed by atoms with Crippen LogP contribution in [0.1, 0.15) is 30.3 Å². The Morgan fingerprint density at radius 3 is 2.60 bits per heavy atom. The number of ether oxygens (including phenoxy) is 2. The summed E-state index contributed by atoms with van der Waals surface area (Å²) in [6.07, 6.45) is 0.898. The zero-order chi connectivity index (χ0) is 21.3. The number of nitrogens with zero attached hydrogens (tertiary/aromatic N) is 3. The van der Waals surface area contributed by atoms with E-state index in [0.29, 0.717) is 47.2 Å². The van der Waals surface area contributed by atoms with Gasteiger partial charge >= 0.3 is 0 Å². The summed E-state index contributed by atoms with van der Waals surface area (Å²) in [5.74, 6) is 1.40. The van der Waals surface area contributed by atoms with Crippen molar-refractivity contribution in [2.75, 3.05) is 14.2 Å². The van der Waals surface area contributed by atoms with Crippen LogP contribution in [0.5, 0.6) is 11.5 Å². The number of amides is 1. The van der Waals surface area contributed by atoms with E-state index >= 15 is 0 Å². The molecule has 2 heterocycles. The molecule has 1 unspecified atom stereocenters. The molecule has 0 saturated carbocycles. The van der Waals surface area contributed by atoms with Gasteiger partial charge in [0.2, 0.25) is 17.6 Å². The van der Waals surface area contributed by atoms with Gasteiger partial charge in [0.15, 0.2) is 0 Å². The van der Waals surface area contributed by atoms with E-state index < -0.39 is 5.82 Å². The van der Waals surface area contributed by atoms with Gasteiger partial charge in [0.1, 0.15) is 23.4 Å². The van der Waals surface area contributed by atoms with Gasteiger partial charge in [-0.15, -0.1) is 0 Å². The van der Waals surface area contributed by atoms with Crippen LogP contribution < -0.4 is 9.47 Å². The van der Waals surface area contributed by atoms with E-state index in [0.717, 1.165) is 0 Å². The Bertz CT molecular complexity index is 1070. The zero-order valence-electron chi connectivity index (χ0n) is 16.4. The Morgan fingerprint density at radius 1 is 1.20 bits per heavy atom. The highest BCUT2D eigenvalue weighted by molar-refractivity contribution is 6.31. The molecular formula is C21H19ClFN3O4. The number of halogens is 2. The molecule has 0 aliphatic carbocycles. The van der Waals surface area contributed by atoms with E-state index in [2.05, 4.69) is 10.1 Å². The van der Waals surface area contributed by atoms with Gasteiger partial charge in [-0.2, -0.15) is 4.98 Å². The largest absolute Gasteiger partial charge is 0.497 e. The molecule has 1 fully saturated rings. The van der Waals surface area contributed by atoms with E-state index in [9.17, 15) is 9.18 Å². The number of methoxy groups -OCH3 is 2. The van der Waals surface area contributed by atoms with E-state index in [4.69, 9.17) is 25.6 Å². The Hall–Kier alpha value is -3.13. The number of hydrogen-bond donors (Lipinski definition) is 0. The summed E-state index contributed by atoms with van der Waals surface area (Å²) < 4.78 is 29.4. The number of hydrogen-bond acceptors (Lipinski definition) is 6. The standard InChI is InChI=1S/C21H19ClFN3O4/c1-28-15-7-13(8-16(10-15)29-2)20-24-21(30-25-20)18-5-6-19(27)26(18)11-12-3-4-14(23)9-17(12)22/h3-4,7-10,18H,5-6,11H2,1-2H3. The number of carbonyl (C=O) groups excluding carboxylic acids is 1. The second-order valence-electron chi connectivity index (χ2n) is 6.87. The lowest BCUT2D eigenvalue weighted by molar-refractivity contribution is -0.129. The molecule has 3 aromatic rings. The Labute approximate surface area is 177 Å². The van der Waals surface area contributed by atoms with Gasteiger partial charge in [-0.3, -0.25) is 4.79 Å². The molecule has 1 aliphatic rings. The van der Waals surface area contributed by atoms with Crippen LogP contribution in [0.2, 0.25) is 5.02 Å². The number of rotatable bonds is 6. The SMILES string of the molecule is COc1cc(OC)cc(-c2noc(C3CCC(=O)N3Cc3ccc(F)cc3Cl)n2)c1.